The Bertz CT molecular complexity index is 623. The molecule has 0 aliphatic carbocycles. The highest BCUT2D eigenvalue weighted by Gasteiger charge is 2.29. The fraction of sp³-hybridized carbons (Fsp3) is 0.333. The largest absolute Gasteiger partial charge is 0.496 e. The third-order valence-corrected chi connectivity index (χ3v) is 3.65. The van der Waals surface area contributed by atoms with Crippen LogP contribution in [0.2, 0.25) is 0 Å². The first-order valence-corrected chi connectivity index (χ1v) is 7.41. The van der Waals surface area contributed by atoms with Crippen LogP contribution >= 0.6 is 0 Å². The summed E-state index contributed by atoms with van der Waals surface area (Å²) in [6, 6.07) is 13.2. The first-order valence-electron chi connectivity index (χ1n) is 7.41. The molecule has 0 aliphatic heterocycles. The van der Waals surface area contributed by atoms with Gasteiger partial charge in [0.15, 0.2) is 0 Å². The zero-order valence-electron chi connectivity index (χ0n) is 13.2. The summed E-state index contributed by atoms with van der Waals surface area (Å²) in [6.45, 7) is 2.56. The molecule has 124 valence electrons. The maximum absolute atomic E-state index is 12.5. The molecule has 0 aliphatic rings. The normalized spacial score (nSPS) is 12.9. The molecule has 0 saturated heterocycles. The van der Waals surface area contributed by atoms with Gasteiger partial charge in [-0.15, -0.1) is 0 Å². The van der Waals surface area contributed by atoms with E-state index in [-0.39, 0.29) is 6.04 Å². The van der Waals surface area contributed by atoms with Gasteiger partial charge in [0, 0.05) is 12.6 Å². The summed E-state index contributed by atoms with van der Waals surface area (Å²) < 4.78 is 42.9. The molecule has 0 saturated carbocycles. The van der Waals surface area contributed by atoms with Crippen LogP contribution in [0.15, 0.2) is 48.5 Å². The van der Waals surface area contributed by atoms with Gasteiger partial charge in [-0.05, 0) is 42.7 Å². The molecule has 1 N–H and O–H groups in total. The van der Waals surface area contributed by atoms with Gasteiger partial charge in [-0.1, -0.05) is 30.3 Å². The van der Waals surface area contributed by atoms with Crippen molar-refractivity contribution < 1.29 is 17.9 Å². The minimum atomic E-state index is -4.29. The van der Waals surface area contributed by atoms with Crippen LogP contribution in [0.5, 0.6) is 5.75 Å². The summed E-state index contributed by atoms with van der Waals surface area (Å²) in [5.41, 5.74) is 1.30. The molecule has 0 spiro atoms. The molecule has 2 aromatic carbocycles. The number of para-hydroxylation sites is 1. The lowest BCUT2D eigenvalue weighted by atomic mass is 10.1. The van der Waals surface area contributed by atoms with E-state index in [4.69, 9.17) is 4.74 Å². The summed E-state index contributed by atoms with van der Waals surface area (Å²) in [4.78, 5) is 0. The smallest absolute Gasteiger partial charge is 0.416 e. The van der Waals surface area contributed by atoms with Crippen molar-refractivity contribution in [2.24, 2.45) is 0 Å². The average molecular weight is 323 g/mol. The lowest BCUT2D eigenvalue weighted by Crippen LogP contribution is -2.27. The van der Waals surface area contributed by atoms with E-state index in [0.717, 1.165) is 35.4 Å². The molecule has 2 aromatic rings. The number of alkyl halides is 3. The van der Waals surface area contributed by atoms with Crippen molar-refractivity contribution in [1.29, 1.82) is 0 Å². The van der Waals surface area contributed by atoms with Crippen LogP contribution in [-0.4, -0.2) is 13.2 Å². The minimum absolute atomic E-state index is 0.175. The number of halogens is 3. The molecular weight excluding hydrogens is 303 g/mol. The Morgan fingerprint density at radius 1 is 1.04 bits per heavy atom. The van der Waals surface area contributed by atoms with Crippen molar-refractivity contribution in [3.05, 3.63) is 65.2 Å². The number of rotatable bonds is 6. The topological polar surface area (TPSA) is 21.3 Å². The first kappa shape index (κ1) is 17.3. The SMILES string of the molecule is COc1ccccc1C[C@H](C)NCc1ccc(C(F)(F)F)cc1. The van der Waals surface area contributed by atoms with Gasteiger partial charge in [0.2, 0.25) is 0 Å². The van der Waals surface area contributed by atoms with Crippen LogP contribution in [0.4, 0.5) is 13.2 Å². The van der Waals surface area contributed by atoms with E-state index >= 15 is 0 Å². The van der Waals surface area contributed by atoms with Gasteiger partial charge in [0.25, 0.3) is 0 Å². The molecule has 0 heterocycles. The second-order valence-electron chi connectivity index (χ2n) is 5.49. The van der Waals surface area contributed by atoms with Gasteiger partial charge < -0.3 is 10.1 Å². The molecule has 23 heavy (non-hydrogen) atoms. The fourth-order valence-electron chi connectivity index (χ4n) is 2.38. The standard InChI is InChI=1S/C18H20F3NO/c1-13(11-15-5-3-4-6-17(15)23-2)22-12-14-7-9-16(10-8-14)18(19,20)21/h3-10,13,22H,11-12H2,1-2H3/t13-/m0/s1. The zero-order valence-corrected chi connectivity index (χ0v) is 13.2. The molecule has 0 unspecified atom stereocenters. The summed E-state index contributed by atoms with van der Waals surface area (Å²) in [5.74, 6) is 0.843. The molecule has 2 rings (SSSR count). The van der Waals surface area contributed by atoms with Gasteiger partial charge in [0.1, 0.15) is 5.75 Å². The fourth-order valence-corrected chi connectivity index (χ4v) is 2.38. The van der Waals surface area contributed by atoms with Crippen LogP contribution in [0, 0.1) is 0 Å². The summed E-state index contributed by atoms with van der Waals surface area (Å²) >= 11 is 0. The molecule has 5 heteroatoms. The zero-order chi connectivity index (χ0) is 16.9. The van der Waals surface area contributed by atoms with Crippen molar-refractivity contribution in [2.75, 3.05) is 7.11 Å². The second-order valence-corrected chi connectivity index (χ2v) is 5.49. The molecule has 1 atom stereocenters. The van der Waals surface area contributed by atoms with Gasteiger partial charge in [-0.3, -0.25) is 0 Å². The number of methoxy groups -OCH3 is 1. The molecular formula is C18H20F3NO. The molecule has 0 radical (unpaired) electrons. The number of hydrogen-bond acceptors (Lipinski definition) is 2. The predicted molar refractivity (Wildman–Crippen MR) is 84.4 cm³/mol. The quantitative estimate of drug-likeness (QED) is 0.849. The lowest BCUT2D eigenvalue weighted by Gasteiger charge is -2.16. The van der Waals surface area contributed by atoms with E-state index in [1.807, 2.05) is 31.2 Å². The van der Waals surface area contributed by atoms with Crippen molar-refractivity contribution in [3.63, 3.8) is 0 Å². The van der Waals surface area contributed by atoms with E-state index in [9.17, 15) is 13.2 Å². The van der Waals surface area contributed by atoms with Gasteiger partial charge in [0.05, 0.1) is 12.7 Å². The van der Waals surface area contributed by atoms with Gasteiger partial charge in [-0.2, -0.15) is 13.2 Å². The molecule has 0 fully saturated rings. The third-order valence-electron chi connectivity index (χ3n) is 3.65. The monoisotopic (exact) mass is 323 g/mol. The molecule has 0 bridgehead atoms. The second kappa shape index (κ2) is 7.51. The Kier molecular flexibility index (Phi) is 5.66. The minimum Gasteiger partial charge on any atom is -0.496 e. The maximum Gasteiger partial charge on any atom is 0.416 e. The van der Waals surface area contributed by atoms with Crippen LogP contribution in [0.25, 0.3) is 0 Å². The van der Waals surface area contributed by atoms with Gasteiger partial charge in [-0.25, -0.2) is 0 Å². The third kappa shape index (κ3) is 4.99. The van der Waals surface area contributed by atoms with E-state index in [0.29, 0.717) is 6.54 Å². The van der Waals surface area contributed by atoms with Crippen LogP contribution in [-0.2, 0) is 19.1 Å². The average Bonchev–Trinajstić information content (AvgIpc) is 2.53. The summed E-state index contributed by atoms with van der Waals surface area (Å²) in [5, 5.41) is 3.32. The Balaban J connectivity index is 1.90. The summed E-state index contributed by atoms with van der Waals surface area (Å²) in [6.07, 6.45) is -3.51. The van der Waals surface area contributed by atoms with E-state index in [1.54, 1.807) is 7.11 Å². The highest BCUT2D eigenvalue weighted by Crippen LogP contribution is 2.29. The van der Waals surface area contributed by atoms with Crippen molar-refractivity contribution in [2.45, 2.75) is 32.1 Å². The van der Waals surface area contributed by atoms with Crippen molar-refractivity contribution >= 4 is 0 Å². The van der Waals surface area contributed by atoms with E-state index < -0.39 is 11.7 Å². The first-order chi connectivity index (χ1) is 10.9. The Morgan fingerprint density at radius 2 is 1.70 bits per heavy atom. The number of hydrogen-bond donors (Lipinski definition) is 1. The van der Waals surface area contributed by atoms with Crippen LogP contribution < -0.4 is 10.1 Å². The Morgan fingerprint density at radius 3 is 2.30 bits per heavy atom. The highest BCUT2D eigenvalue weighted by atomic mass is 19.4. The van der Waals surface area contributed by atoms with Crippen molar-refractivity contribution in [3.8, 4) is 5.75 Å². The van der Waals surface area contributed by atoms with E-state index in [1.165, 1.54) is 12.1 Å². The Labute approximate surface area is 134 Å². The molecule has 2 nitrogen and oxygen atoms in total. The molecule has 0 aromatic heterocycles. The predicted octanol–water partition coefficient (Wildman–Crippen LogP) is 4.43. The Hall–Kier alpha value is -2.01. The highest BCUT2D eigenvalue weighted by molar-refractivity contribution is 5.33. The number of ether oxygens (including phenoxy) is 1. The van der Waals surface area contributed by atoms with E-state index in [2.05, 4.69) is 5.32 Å². The van der Waals surface area contributed by atoms with Crippen molar-refractivity contribution in [1.82, 2.24) is 5.32 Å². The van der Waals surface area contributed by atoms with Crippen LogP contribution in [0.3, 0.4) is 0 Å². The van der Waals surface area contributed by atoms with Crippen LogP contribution in [0.1, 0.15) is 23.6 Å². The lowest BCUT2D eigenvalue weighted by molar-refractivity contribution is -0.137. The molecule has 0 amide bonds. The number of nitrogens with one attached hydrogen (secondary N) is 1. The number of benzene rings is 2. The van der Waals surface area contributed by atoms with Gasteiger partial charge >= 0.3 is 6.18 Å². The maximum atomic E-state index is 12.5. The summed E-state index contributed by atoms with van der Waals surface area (Å²) in [7, 11) is 1.64.